The maximum Gasteiger partial charge on any atom is 0.338 e. The highest BCUT2D eigenvalue weighted by Gasteiger charge is 2.18. The Morgan fingerprint density at radius 1 is 0.864 bits per heavy atom. The molecule has 112 valence electrons. The molecule has 2 heterocycles. The van der Waals surface area contributed by atoms with Crippen LogP contribution in [0.4, 0.5) is 0 Å². The average Bonchev–Trinajstić information content (AvgIpc) is 3.19. The van der Waals surface area contributed by atoms with Gasteiger partial charge >= 0.3 is 5.97 Å². The Bertz CT molecular complexity index is 739. The number of hydrogen-bond acceptors (Lipinski definition) is 6. The van der Waals surface area contributed by atoms with Gasteiger partial charge in [-0.2, -0.15) is 0 Å². The molecule has 0 unspecified atom stereocenters. The Hall–Kier alpha value is -2.89. The molecule has 2 aromatic rings. The molecule has 2 aliphatic heterocycles. The third-order valence-corrected chi connectivity index (χ3v) is 3.42. The number of fused-ring (bicyclic) bond motifs is 2. The lowest BCUT2D eigenvalue weighted by atomic mass is 10.2. The van der Waals surface area contributed by atoms with E-state index in [0.29, 0.717) is 28.6 Å². The molecule has 2 aromatic carbocycles. The first-order chi connectivity index (χ1) is 10.8. The van der Waals surface area contributed by atoms with E-state index < -0.39 is 5.97 Å². The maximum absolute atomic E-state index is 12.1. The lowest BCUT2D eigenvalue weighted by Crippen LogP contribution is -2.05. The van der Waals surface area contributed by atoms with Crippen LogP contribution in [0, 0.1) is 0 Å². The number of esters is 1. The van der Waals surface area contributed by atoms with Crippen molar-refractivity contribution in [3.8, 4) is 23.0 Å². The number of carbonyl (C=O) groups excluding carboxylic acids is 1. The SMILES string of the molecule is O=C(OCc1ccc2c(c1)OCO2)c1ccc2c(c1)OCO2. The lowest BCUT2D eigenvalue weighted by Gasteiger charge is -2.06. The van der Waals surface area contributed by atoms with E-state index in [0.717, 1.165) is 5.56 Å². The first kappa shape index (κ1) is 12.8. The molecular formula is C16H12O6. The van der Waals surface area contributed by atoms with E-state index in [1.165, 1.54) is 0 Å². The third kappa shape index (κ3) is 2.28. The van der Waals surface area contributed by atoms with Crippen molar-refractivity contribution in [1.82, 2.24) is 0 Å². The van der Waals surface area contributed by atoms with Crippen LogP contribution in [-0.4, -0.2) is 19.6 Å². The van der Waals surface area contributed by atoms with Gasteiger partial charge in [0.25, 0.3) is 0 Å². The molecule has 0 saturated heterocycles. The van der Waals surface area contributed by atoms with E-state index >= 15 is 0 Å². The van der Waals surface area contributed by atoms with E-state index in [1.54, 1.807) is 30.3 Å². The lowest BCUT2D eigenvalue weighted by molar-refractivity contribution is 0.0472. The summed E-state index contributed by atoms with van der Waals surface area (Å²) in [5.41, 5.74) is 1.25. The maximum atomic E-state index is 12.1. The topological polar surface area (TPSA) is 63.2 Å². The Morgan fingerprint density at radius 3 is 2.27 bits per heavy atom. The van der Waals surface area contributed by atoms with Gasteiger partial charge in [-0.05, 0) is 35.9 Å². The molecule has 0 N–H and O–H groups in total. The van der Waals surface area contributed by atoms with Crippen molar-refractivity contribution >= 4 is 5.97 Å². The quantitative estimate of drug-likeness (QED) is 0.812. The van der Waals surface area contributed by atoms with E-state index in [9.17, 15) is 4.79 Å². The van der Waals surface area contributed by atoms with Gasteiger partial charge in [0.1, 0.15) is 6.61 Å². The van der Waals surface area contributed by atoms with Crippen LogP contribution in [0.15, 0.2) is 36.4 Å². The highest BCUT2D eigenvalue weighted by atomic mass is 16.7. The number of rotatable bonds is 3. The molecular weight excluding hydrogens is 288 g/mol. The fourth-order valence-corrected chi connectivity index (χ4v) is 2.29. The van der Waals surface area contributed by atoms with Gasteiger partial charge in [-0.15, -0.1) is 0 Å². The van der Waals surface area contributed by atoms with Gasteiger partial charge in [0.15, 0.2) is 23.0 Å². The van der Waals surface area contributed by atoms with Crippen molar-refractivity contribution in [3.63, 3.8) is 0 Å². The minimum absolute atomic E-state index is 0.157. The normalized spacial score (nSPS) is 14.0. The molecule has 22 heavy (non-hydrogen) atoms. The second kappa shape index (κ2) is 5.14. The summed E-state index contributed by atoms with van der Waals surface area (Å²) in [5, 5.41) is 0. The Morgan fingerprint density at radius 2 is 1.50 bits per heavy atom. The van der Waals surface area contributed by atoms with Crippen LogP contribution in [0.1, 0.15) is 15.9 Å². The van der Waals surface area contributed by atoms with Gasteiger partial charge < -0.3 is 23.7 Å². The Labute approximate surface area is 126 Å². The van der Waals surface area contributed by atoms with Gasteiger partial charge in [-0.25, -0.2) is 4.79 Å². The molecule has 0 aromatic heterocycles. The molecule has 0 radical (unpaired) electrons. The van der Waals surface area contributed by atoms with Crippen LogP contribution >= 0.6 is 0 Å². The first-order valence-corrected chi connectivity index (χ1v) is 6.75. The summed E-state index contributed by atoms with van der Waals surface area (Å²) in [5.74, 6) is 2.13. The third-order valence-electron chi connectivity index (χ3n) is 3.42. The monoisotopic (exact) mass is 300 g/mol. The fourth-order valence-electron chi connectivity index (χ4n) is 2.29. The first-order valence-electron chi connectivity index (χ1n) is 6.75. The highest BCUT2D eigenvalue weighted by molar-refractivity contribution is 5.90. The molecule has 0 bridgehead atoms. The van der Waals surface area contributed by atoms with Crippen LogP contribution in [0.3, 0.4) is 0 Å². The minimum atomic E-state index is -0.420. The average molecular weight is 300 g/mol. The molecule has 0 spiro atoms. The Kier molecular flexibility index (Phi) is 3.00. The van der Waals surface area contributed by atoms with Crippen LogP contribution < -0.4 is 18.9 Å². The summed E-state index contributed by atoms with van der Waals surface area (Å²) >= 11 is 0. The highest BCUT2D eigenvalue weighted by Crippen LogP contribution is 2.34. The number of hydrogen-bond donors (Lipinski definition) is 0. The smallest absolute Gasteiger partial charge is 0.338 e. The molecule has 6 nitrogen and oxygen atoms in total. The largest absolute Gasteiger partial charge is 0.457 e. The van der Waals surface area contributed by atoms with Gasteiger partial charge in [-0.1, -0.05) is 6.07 Å². The molecule has 4 rings (SSSR count). The van der Waals surface area contributed by atoms with E-state index in [1.807, 2.05) is 6.07 Å². The van der Waals surface area contributed by atoms with Crippen molar-refractivity contribution in [2.75, 3.05) is 13.6 Å². The van der Waals surface area contributed by atoms with Crippen molar-refractivity contribution < 1.29 is 28.5 Å². The van der Waals surface area contributed by atoms with Crippen molar-refractivity contribution in [2.45, 2.75) is 6.61 Å². The second-order valence-electron chi connectivity index (χ2n) is 4.83. The summed E-state index contributed by atoms with van der Waals surface area (Å²) in [6.07, 6.45) is 0. The predicted molar refractivity (Wildman–Crippen MR) is 74.2 cm³/mol. The van der Waals surface area contributed by atoms with Crippen LogP contribution in [-0.2, 0) is 11.3 Å². The molecule has 0 fully saturated rings. The van der Waals surface area contributed by atoms with Crippen molar-refractivity contribution in [1.29, 1.82) is 0 Å². The summed E-state index contributed by atoms with van der Waals surface area (Å²) in [6, 6.07) is 10.4. The van der Waals surface area contributed by atoms with E-state index in [-0.39, 0.29) is 20.2 Å². The summed E-state index contributed by atoms with van der Waals surface area (Å²) in [6.45, 7) is 0.546. The standard InChI is InChI=1S/C16H12O6/c17-16(11-2-4-13-15(6-11)22-9-20-13)18-7-10-1-3-12-14(5-10)21-8-19-12/h1-6H,7-9H2. The van der Waals surface area contributed by atoms with E-state index in [2.05, 4.69) is 0 Å². The molecule has 0 atom stereocenters. The summed E-state index contributed by atoms with van der Waals surface area (Å²) in [4.78, 5) is 12.1. The van der Waals surface area contributed by atoms with Gasteiger partial charge in [-0.3, -0.25) is 0 Å². The zero-order valence-corrected chi connectivity index (χ0v) is 11.5. The predicted octanol–water partition coefficient (Wildman–Crippen LogP) is 2.50. The van der Waals surface area contributed by atoms with E-state index in [4.69, 9.17) is 23.7 Å². The molecule has 6 heteroatoms. The molecule has 0 saturated carbocycles. The summed E-state index contributed by atoms with van der Waals surface area (Å²) in [7, 11) is 0. The van der Waals surface area contributed by atoms with Gasteiger partial charge in [0.2, 0.25) is 13.6 Å². The van der Waals surface area contributed by atoms with Crippen LogP contribution in [0.5, 0.6) is 23.0 Å². The molecule has 0 aliphatic carbocycles. The van der Waals surface area contributed by atoms with Crippen LogP contribution in [0.25, 0.3) is 0 Å². The van der Waals surface area contributed by atoms with Crippen molar-refractivity contribution in [2.24, 2.45) is 0 Å². The van der Waals surface area contributed by atoms with Gasteiger partial charge in [0.05, 0.1) is 5.56 Å². The number of ether oxygens (including phenoxy) is 5. The van der Waals surface area contributed by atoms with Crippen molar-refractivity contribution in [3.05, 3.63) is 47.5 Å². The van der Waals surface area contributed by atoms with Gasteiger partial charge in [0, 0.05) is 0 Å². The zero-order chi connectivity index (χ0) is 14.9. The summed E-state index contributed by atoms with van der Waals surface area (Å²) < 4.78 is 26.3. The van der Waals surface area contributed by atoms with Crippen LogP contribution in [0.2, 0.25) is 0 Å². The number of benzene rings is 2. The molecule has 2 aliphatic rings. The molecule has 0 amide bonds. The zero-order valence-electron chi connectivity index (χ0n) is 11.5. The minimum Gasteiger partial charge on any atom is -0.457 e. The number of carbonyl (C=O) groups is 1. The second-order valence-corrected chi connectivity index (χ2v) is 4.83. The fraction of sp³-hybridized carbons (Fsp3) is 0.188. The Balaban J connectivity index is 1.44.